The molecule has 1 aromatic heterocycles. The van der Waals surface area contributed by atoms with E-state index in [4.69, 9.17) is 9.47 Å². The second-order valence-corrected chi connectivity index (χ2v) is 8.45. The van der Waals surface area contributed by atoms with Crippen LogP contribution >= 0.6 is 11.3 Å². The number of sulfonamides is 1. The van der Waals surface area contributed by atoms with Crippen LogP contribution < -0.4 is 14.2 Å². The number of hydrogen-bond donors (Lipinski definition) is 1. The minimum Gasteiger partial charge on any atom is -0.493 e. The van der Waals surface area contributed by atoms with Crippen molar-refractivity contribution in [3.8, 4) is 11.5 Å². The molecule has 0 unspecified atom stereocenters. The highest BCUT2D eigenvalue weighted by Crippen LogP contribution is 2.31. The van der Waals surface area contributed by atoms with Gasteiger partial charge < -0.3 is 9.47 Å². The monoisotopic (exact) mass is 356 g/mol. The van der Waals surface area contributed by atoms with Crippen LogP contribution in [0.1, 0.15) is 26.5 Å². The summed E-state index contributed by atoms with van der Waals surface area (Å²) in [4.78, 5) is 4.43. The molecule has 0 aliphatic heterocycles. The first kappa shape index (κ1) is 17.6. The molecular formula is C15H20N2O4S2. The fourth-order valence-electron chi connectivity index (χ4n) is 1.82. The number of aromatic nitrogens is 1. The number of hydrogen-bond acceptors (Lipinski definition) is 6. The molecule has 1 heterocycles. The van der Waals surface area contributed by atoms with E-state index in [9.17, 15) is 8.42 Å². The molecule has 0 amide bonds. The van der Waals surface area contributed by atoms with Crippen LogP contribution in [0, 0.1) is 0 Å². The molecule has 0 bridgehead atoms. The van der Waals surface area contributed by atoms with Crippen molar-refractivity contribution in [1.82, 2.24) is 4.98 Å². The Bertz CT molecular complexity index is 792. The van der Waals surface area contributed by atoms with Gasteiger partial charge in [-0.25, -0.2) is 13.4 Å². The molecule has 8 heteroatoms. The van der Waals surface area contributed by atoms with Crippen molar-refractivity contribution in [1.29, 1.82) is 0 Å². The van der Waals surface area contributed by atoms with Crippen molar-refractivity contribution < 1.29 is 17.9 Å². The topological polar surface area (TPSA) is 77.5 Å². The first-order valence-electron chi connectivity index (χ1n) is 6.88. The fraction of sp³-hybridized carbons (Fsp3) is 0.400. The summed E-state index contributed by atoms with van der Waals surface area (Å²) in [6, 6.07) is 4.43. The van der Waals surface area contributed by atoms with Crippen molar-refractivity contribution in [3.05, 3.63) is 29.3 Å². The lowest BCUT2D eigenvalue weighted by Crippen LogP contribution is -2.15. The average molecular weight is 356 g/mol. The molecule has 0 aliphatic rings. The minimum absolute atomic E-state index is 0.0858. The average Bonchev–Trinajstić information content (AvgIpc) is 2.94. The Labute approximate surface area is 140 Å². The fourth-order valence-corrected chi connectivity index (χ4v) is 4.03. The lowest BCUT2D eigenvalue weighted by atomic mass is 9.93. The molecule has 2 aromatic rings. The van der Waals surface area contributed by atoms with Gasteiger partial charge in [0, 0.05) is 16.9 Å². The molecule has 0 fully saturated rings. The van der Waals surface area contributed by atoms with E-state index in [2.05, 4.69) is 9.71 Å². The van der Waals surface area contributed by atoms with Gasteiger partial charge in [-0.05, 0) is 12.1 Å². The van der Waals surface area contributed by atoms with Crippen molar-refractivity contribution in [2.45, 2.75) is 31.1 Å². The summed E-state index contributed by atoms with van der Waals surface area (Å²) in [5.41, 5.74) is 0.705. The van der Waals surface area contributed by atoms with Gasteiger partial charge in [-0.1, -0.05) is 20.8 Å². The highest BCUT2D eigenvalue weighted by molar-refractivity contribution is 7.93. The van der Waals surface area contributed by atoms with Gasteiger partial charge in [0.15, 0.2) is 16.6 Å². The van der Waals surface area contributed by atoms with E-state index >= 15 is 0 Å². The number of nitrogens with one attached hydrogen (secondary N) is 1. The standard InChI is InChI=1S/C15H20N2O4S2/c1-15(2,3)13-9-22-14(16-13)17-23(18,19)10-6-7-11(20-4)12(8-10)21-5/h6-9H,1-5H3,(H,16,17). The van der Waals surface area contributed by atoms with Crippen LogP contribution in [0.2, 0.25) is 0 Å². The van der Waals surface area contributed by atoms with Gasteiger partial charge in [0.05, 0.1) is 24.8 Å². The molecule has 1 aromatic carbocycles. The van der Waals surface area contributed by atoms with E-state index in [0.29, 0.717) is 16.6 Å². The Morgan fingerprint density at radius 3 is 2.30 bits per heavy atom. The summed E-state index contributed by atoms with van der Waals surface area (Å²) in [6.45, 7) is 6.07. The van der Waals surface area contributed by atoms with Crippen molar-refractivity contribution in [2.75, 3.05) is 18.9 Å². The number of nitrogens with zero attached hydrogens (tertiary/aromatic N) is 1. The molecule has 0 saturated heterocycles. The maximum atomic E-state index is 12.5. The lowest BCUT2D eigenvalue weighted by Gasteiger charge is -2.14. The van der Waals surface area contributed by atoms with Gasteiger partial charge in [0.2, 0.25) is 0 Å². The predicted octanol–water partition coefficient (Wildman–Crippen LogP) is 3.26. The van der Waals surface area contributed by atoms with E-state index < -0.39 is 10.0 Å². The van der Waals surface area contributed by atoms with E-state index in [-0.39, 0.29) is 10.3 Å². The Balaban J connectivity index is 2.30. The first-order valence-corrected chi connectivity index (χ1v) is 9.24. The highest BCUT2D eigenvalue weighted by Gasteiger charge is 2.21. The van der Waals surface area contributed by atoms with Gasteiger partial charge in [0.1, 0.15) is 0 Å². The van der Waals surface area contributed by atoms with Gasteiger partial charge in [0.25, 0.3) is 10.0 Å². The van der Waals surface area contributed by atoms with Crippen LogP contribution in [-0.4, -0.2) is 27.6 Å². The van der Waals surface area contributed by atoms with Crippen LogP contribution in [0.15, 0.2) is 28.5 Å². The third-order valence-electron chi connectivity index (χ3n) is 3.16. The highest BCUT2D eigenvalue weighted by atomic mass is 32.2. The number of benzene rings is 1. The third kappa shape index (κ3) is 3.94. The van der Waals surface area contributed by atoms with E-state index in [0.717, 1.165) is 5.69 Å². The van der Waals surface area contributed by atoms with Crippen molar-refractivity contribution >= 4 is 26.5 Å². The van der Waals surface area contributed by atoms with Crippen molar-refractivity contribution in [3.63, 3.8) is 0 Å². The maximum Gasteiger partial charge on any atom is 0.263 e. The van der Waals surface area contributed by atoms with Crippen LogP contribution in [0.5, 0.6) is 11.5 Å². The van der Waals surface area contributed by atoms with Gasteiger partial charge in [-0.3, -0.25) is 4.72 Å². The lowest BCUT2D eigenvalue weighted by molar-refractivity contribution is 0.354. The van der Waals surface area contributed by atoms with Gasteiger partial charge in [-0.2, -0.15) is 0 Å². The number of rotatable bonds is 5. The number of thiazole rings is 1. The molecule has 0 atom stereocenters. The number of methoxy groups -OCH3 is 2. The van der Waals surface area contributed by atoms with Crippen LogP contribution in [0.4, 0.5) is 5.13 Å². The van der Waals surface area contributed by atoms with Crippen LogP contribution in [0.25, 0.3) is 0 Å². The van der Waals surface area contributed by atoms with Crippen molar-refractivity contribution in [2.24, 2.45) is 0 Å². The molecule has 2 rings (SSSR count). The Kier molecular flexibility index (Phi) is 4.86. The zero-order valence-corrected chi connectivity index (χ0v) is 15.3. The van der Waals surface area contributed by atoms with E-state index in [1.807, 2.05) is 26.2 Å². The predicted molar refractivity (Wildman–Crippen MR) is 91.2 cm³/mol. The summed E-state index contributed by atoms with van der Waals surface area (Å²) in [5, 5.41) is 2.19. The molecular weight excluding hydrogens is 336 g/mol. The van der Waals surface area contributed by atoms with Gasteiger partial charge in [-0.15, -0.1) is 11.3 Å². The molecule has 0 saturated carbocycles. The second-order valence-electron chi connectivity index (χ2n) is 5.91. The Morgan fingerprint density at radius 1 is 1.13 bits per heavy atom. The smallest absolute Gasteiger partial charge is 0.263 e. The van der Waals surface area contributed by atoms with Crippen LogP contribution in [-0.2, 0) is 15.4 Å². The molecule has 23 heavy (non-hydrogen) atoms. The Morgan fingerprint density at radius 2 is 1.78 bits per heavy atom. The molecule has 0 radical (unpaired) electrons. The second kappa shape index (κ2) is 6.37. The largest absolute Gasteiger partial charge is 0.493 e. The van der Waals surface area contributed by atoms with Crippen LogP contribution in [0.3, 0.4) is 0 Å². The molecule has 0 aliphatic carbocycles. The number of ether oxygens (including phenoxy) is 2. The molecule has 6 nitrogen and oxygen atoms in total. The van der Waals surface area contributed by atoms with E-state index in [1.165, 1.54) is 37.7 Å². The summed E-state index contributed by atoms with van der Waals surface area (Å²) in [6.07, 6.45) is 0. The molecule has 0 spiro atoms. The zero-order valence-electron chi connectivity index (χ0n) is 13.7. The summed E-state index contributed by atoms with van der Waals surface area (Å²) in [5.74, 6) is 0.820. The molecule has 126 valence electrons. The minimum atomic E-state index is -3.74. The zero-order chi connectivity index (χ0) is 17.3. The maximum absolute atomic E-state index is 12.5. The normalized spacial score (nSPS) is 12.0. The summed E-state index contributed by atoms with van der Waals surface area (Å²) >= 11 is 1.26. The number of anilines is 1. The molecule has 1 N–H and O–H groups in total. The van der Waals surface area contributed by atoms with E-state index in [1.54, 1.807) is 6.07 Å². The summed E-state index contributed by atoms with van der Waals surface area (Å²) < 4.78 is 37.7. The third-order valence-corrected chi connectivity index (χ3v) is 5.38. The quantitative estimate of drug-likeness (QED) is 0.890. The Hall–Kier alpha value is -1.80. The van der Waals surface area contributed by atoms with Gasteiger partial charge >= 0.3 is 0 Å². The first-order chi connectivity index (χ1) is 10.7. The summed E-state index contributed by atoms with van der Waals surface area (Å²) in [7, 11) is -0.790. The SMILES string of the molecule is COc1ccc(S(=O)(=O)Nc2nc(C(C)(C)C)cs2)cc1OC.